The highest BCUT2D eigenvalue weighted by Crippen LogP contribution is 2.36. The molecule has 0 spiro atoms. The molecule has 0 saturated carbocycles. The van der Waals surface area contributed by atoms with Gasteiger partial charge in [-0.05, 0) is 18.2 Å². The quantitative estimate of drug-likeness (QED) is 0.178. The van der Waals surface area contributed by atoms with Crippen LogP contribution in [0.4, 0.5) is 5.69 Å². The molecule has 11 heteroatoms. The molecule has 0 aromatic heterocycles. The third kappa shape index (κ3) is 5.20. The second-order valence-electron chi connectivity index (χ2n) is 8.58. The van der Waals surface area contributed by atoms with Crippen LogP contribution in [0, 0.1) is 10.1 Å². The van der Waals surface area contributed by atoms with Crippen molar-refractivity contribution in [2.45, 2.75) is 25.7 Å². The van der Waals surface area contributed by atoms with Crippen LogP contribution in [-0.2, 0) is 4.74 Å². The van der Waals surface area contributed by atoms with Gasteiger partial charge in [0.1, 0.15) is 5.56 Å². The third-order valence-corrected chi connectivity index (χ3v) is 6.72. The lowest BCUT2D eigenvalue weighted by Gasteiger charge is -2.18. The Morgan fingerprint density at radius 2 is 1.67 bits per heavy atom. The summed E-state index contributed by atoms with van der Waals surface area (Å²) in [6, 6.07) is 9.25. The number of benzene rings is 2. The van der Waals surface area contributed by atoms with E-state index in [1.165, 1.54) is 19.2 Å². The number of methoxy groups -OCH3 is 1. The van der Waals surface area contributed by atoms with E-state index >= 15 is 0 Å². The van der Waals surface area contributed by atoms with Crippen molar-refractivity contribution in [1.82, 2.24) is 4.90 Å². The average Bonchev–Trinajstić information content (AvgIpc) is 3.00. The summed E-state index contributed by atoms with van der Waals surface area (Å²) in [5.41, 5.74) is -0.298. The van der Waals surface area contributed by atoms with E-state index < -0.39 is 43.2 Å². The zero-order valence-electron chi connectivity index (χ0n) is 18.7. The maximum Gasteiger partial charge on any atom is 0.345 e. The minimum absolute atomic E-state index is 0.0306. The van der Waals surface area contributed by atoms with Crippen molar-refractivity contribution in [3.63, 3.8) is 0 Å². The lowest BCUT2D eigenvalue weighted by molar-refractivity contribution is -0.385. The Balaban J connectivity index is 1.84. The fourth-order valence-corrected chi connectivity index (χ4v) is 3.87. The number of carbonyl (C=O) groups is 3. The first-order chi connectivity index (χ1) is 15.5. The number of hydrogen-bond acceptors (Lipinski definition) is 8. The molecular formula is C22H24N2O8Si. The van der Waals surface area contributed by atoms with Crippen molar-refractivity contribution in [1.29, 1.82) is 0 Å². The van der Waals surface area contributed by atoms with E-state index in [2.05, 4.69) is 19.6 Å². The highest BCUT2D eigenvalue weighted by molar-refractivity contribution is 6.76. The van der Waals surface area contributed by atoms with Crippen LogP contribution < -0.4 is 9.47 Å². The summed E-state index contributed by atoms with van der Waals surface area (Å²) in [6.07, 6.45) is 0. The molecule has 0 aliphatic carbocycles. The summed E-state index contributed by atoms with van der Waals surface area (Å²) in [4.78, 5) is 49.4. The average molecular weight is 473 g/mol. The smallest absolute Gasteiger partial charge is 0.345 e. The van der Waals surface area contributed by atoms with E-state index in [1.54, 1.807) is 12.1 Å². The Bertz CT molecular complexity index is 1090. The van der Waals surface area contributed by atoms with Crippen molar-refractivity contribution < 1.29 is 33.5 Å². The predicted octanol–water partition coefficient (Wildman–Crippen LogP) is 3.73. The van der Waals surface area contributed by atoms with Crippen LogP contribution in [0.5, 0.6) is 11.5 Å². The molecule has 33 heavy (non-hydrogen) atoms. The van der Waals surface area contributed by atoms with Gasteiger partial charge in [-0.15, -0.1) is 0 Å². The van der Waals surface area contributed by atoms with E-state index in [-0.39, 0.29) is 34.8 Å². The topological polar surface area (TPSA) is 125 Å². The Kier molecular flexibility index (Phi) is 6.82. The van der Waals surface area contributed by atoms with Gasteiger partial charge in [-0.3, -0.25) is 19.7 Å². The van der Waals surface area contributed by atoms with Crippen LogP contribution in [0.15, 0.2) is 36.4 Å². The highest BCUT2D eigenvalue weighted by atomic mass is 28.3. The van der Waals surface area contributed by atoms with Gasteiger partial charge in [-0.25, -0.2) is 9.69 Å². The fraction of sp³-hybridized carbons (Fsp3) is 0.318. The molecule has 0 unspecified atom stereocenters. The fourth-order valence-electron chi connectivity index (χ4n) is 3.15. The molecule has 0 atom stereocenters. The number of imide groups is 1. The van der Waals surface area contributed by atoms with Crippen LogP contribution in [0.2, 0.25) is 25.7 Å². The SMILES string of the molecule is COc1cc([N+](=O)[O-])c(C(=O)OCC[Si](C)(C)C)cc1OCN1C(=O)c2ccccc2C1=O. The van der Waals surface area contributed by atoms with E-state index in [1.807, 2.05) is 0 Å². The number of ether oxygens (including phenoxy) is 3. The number of hydrogen-bond donors (Lipinski definition) is 0. The molecule has 2 amide bonds. The third-order valence-electron chi connectivity index (χ3n) is 5.01. The molecule has 0 fully saturated rings. The number of fused-ring (bicyclic) bond motifs is 1. The monoisotopic (exact) mass is 472 g/mol. The summed E-state index contributed by atoms with van der Waals surface area (Å²) in [7, 11) is -0.201. The Morgan fingerprint density at radius 3 is 2.18 bits per heavy atom. The first-order valence-electron chi connectivity index (χ1n) is 10.1. The van der Waals surface area contributed by atoms with Gasteiger partial charge >= 0.3 is 5.97 Å². The van der Waals surface area contributed by atoms with Gasteiger partial charge in [-0.1, -0.05) is 31.8 Å². The van der Waals surface area contributed by atoms with Crippen molar-refractivity contribution in [3.05, 3.63) is 63.2 Å². The number of nitrogens with zero attached hydrogens (tertiary/aromatic N) is 2. The van der Waals surface area contributed by atoms with E-state index in [4.69, 9.17) is 14.2 Å². The molecule has 1 aliphatic rings. The minimum Gasteiger partial charge on any atom is -0.493 e. The largest absolute Gasteiger partial charge is 0.493 e. The van der Waals surface area contributed by atoms with Crippen LogP contribution in [0.3, 0.4) is 0 Å². The van der Waals surface area contributed by atoms with Gasteiger partial charge in [0.05, 0.1) is 35.8 Å². The molecular weight excluding hydrogens is 448 g/mol. The molecule has 1 heterocycles. The maximum absolute atomic E-state index is 12.6. The Hall–Kier alpha value is -3.73. The number of amides is 2. The highest BCUT2D eigenvalue weighted by Gasteiger charge is 2.36. The number of carbonyl (C=O) groups excluding carboxylic acids is 3. The summed E-state index contributed by atoms with van der Waals surface area (Å²) >= 11 is 0. The zero-order chi connectivity index (χ0) is 24.3. The molecule has 3 rings (SSSR count). The standard InChI is InChI=1S/C22H24N2O8Si/c1-30-18-12-17(24(28)29)16(22(27)31-9-10-33(2,3)4)11-19(18)32-13-23-20(25)14-7-5-6-8-15(14)21(23)26/h5-8,11-12H,9-10,13H2,1-4H3. The number of rotatable bonds is 9. The second kappa shape index (κ2) is 9.41. The summed E-state index contributed by atoms with van der Waals surface area (Å²) in [5.74, 6) is -1.99. The first kappa shape index (κ1) is 23.9. The van der Waals surface area contributed by atoms with Gasteiger partial charge in [-0.2, -0.15) is 0 Å². The number of nitro benzene ring substituents is 1. The molecule has 0 N–H and O–H groups in total. The molecule has 2 aromatic carbocycles. The van der Waals surface area contributed by atoms with Crippen molar-refractivity contribution in [2.75, 3.05) is 20.4 Å². The van der Waals surface area contributed by atoms with Gasteiger partial charge < -0.3 is 14.2 Å². The zero-order valence-corrected chi connectivity index (χ0v) is 19.7. The van der Waals surface area contributed by atoms with E-state index in [0.29, 0.717) is 6.04 Å². The molecule has 0 bridgehead atoms. The van der Waals surface area contributed by atoms with Crippen LogP contribution in [0.1, 0.15) is 31.1 Å². The second-order valence-corrected chi connectivity index (χ2v) is 14.2. The Labute approximate surface area is 191 Å². The summed E-state index contributed by atoms with van der Waals surface area (Å²) in [5, 5.41) is 11.5. The van der Waals surface area contributed by atoms with Gasteiger partial charge in [0.25, 0.3) is 17.5 Å². The molecule has 0 saturated heterocycles. The first-order valence-corrected chi connectivity index (χ1v) is 13.9. The van der Waals surface area contributed by atoms with Crippen LogP contribution >= 0.6 is 0 Å². The van der Waals surface area contributed by atoms with Crippen molar-refractivity contribution >= 4 is 31.5 Å². The van der Waals surface area contributed by atoms with Gasteiger partial charge in [0, 0.05) is 14.1 Å². The minimum atomic E-state index is -1.48. The van der Waals surface area contributed by atoms with Crippen molar-refractivity contribution in [3.8, 4) is 11.5 Å². The molecule has 10 nitrogen and oxygen atoms in total. The number of esters is 1. The van der Waals surface area contributed by atoms with E-state index in [0.717, 1.165) is 17.0 Å². The van der Waals surface area contributed by atoms with Crippen molar-refractivity contribution in [2.24, 2.45) is 0 Å². The molecule has 2 aromatic rings. The van der Waals surface area contributed by atoms with E-state index in [9.17, 15) is 24.5 Å². The molecule has 1 aliphatic heterocycles. The lowest BCUT2D eigenvalue weighted by atomic mass is 10.1. The van der Waals surface area contributed by atoms with Crippen LogP contribution in [0.25, 0.3) is 0 Å². The summed E-state index contributed by atoms with van der Waals surface area (Å²) in [6.45, 7) is 6.01. The Morgan fingerprint density at radius 1 is 1.06 bits per heavy atom. The van der Waals surface area contributed by atoms with Gasteiger partial charge in [0.15, 0.2) is 18.2 Å². The lowest BCUT2D eigenvalue weighted by Crippen LogP contribution is -2.33. The van der Waals surface area contributed by atoms with Crippen LogP contribution in [-0.4, -0.2) is 56.1 Å². The predicted molar refractivity (Wildman–Crippen MR) is 121 cm³/mol. The van der Waals surface area contributed by atoms with Gasteiger partial charge in [0.2, 0.25) is 0 Å². The number of nitro groups is 1. The summed E-state index contributed by atoms with van der Waals surface area (Å²) < 4.78 is 16.0. The molecule has 0 radical (unpaired) electrons. The maximum atomic E-state index is 12.6. The molecule has 174 valence electrons. The normalized spacial score (nSPS) is 13.0.